The van der Waals surface area contributed by atoms with Crippen LogP contribution in [-0.2, 0) is 12.8 Å². The molecule has 1 aliphatic rings. The fourth-order valence-electron chi connectivity index (χ4n) is 3.03. The zero-order valence-corrected chi connectivity index (χ0v) is 14.1. The quantitative estimate of drug-likeness (QED) is 0.709. The molecule has 0 spiro atoms. The average Bonchev–Trinajstić information content (AvgIpc) is 3.20. The second-order valence-electron chi connectivity index (χ2n) is 6.05. The van der Waals surface area contributed by atoms with Crippen molar-refractivity contribution < 1.29 is 13.8 Å². The van der Waals surface area contributed by atoms with E-state index < -0.39 is 0 Å². The summed E-state index contributed by atoms with van der Waals surface area (Å²) in [5, 5.41) is 8.77. The molecule has 0 fully saturated rings. The van der Waals surface area contributed by atoms with Crippen molar-refractivity contribution in [1.82, 2.24) is 15.3 Å². The first kappa shape index (κ1) is 15.2. The van der Waals surface area contributed by atoms with E-state index in [0.717, 1.165) is 30.6 Å². The molecule has 4 rings (SSSR count). The topological polar surface area (TPSA) is 74.2 Å². The van der Waals surface area contributed by atoms with Gasteiger partial charge in [0.2, 0.25) is 5.82 Å². The molecular formula is C17H16ClN3O3. The molecule has 124 valence electrons. The third-order valence-electron chi connectivity index (χ3n) is 4.32. The van der Waals surface area contributed by atoms with Crippen molar-refractivity contribution in [3.05, 3.63) is 34.5 Å². The van der Waals surface area contributed by atoms with Gasteiger partial charge in [0, 0.05) is 17.0 Å². The zero-order chi connectivity index (χ0) is 16.7. The molecule has 2 heterocycles. The summed E-state index contributed by atoms with van der Waals surface area (Å²) < 4.78 is 16.2. The first-order valence-corrected chi connectivity index (χ1v) is 8.19. The number of hydrogen-bond acceptors (Lipinski definition) is 6. The number of halogens is 1. The molecule has 1 atom stereocenters. The van der Waals surface area contributed by atoms with Crippen LogP contribution in [0.5, 0.6) is 5.75 Å². The molecular weight excluding hydrogens is 330 g/mol. The molecule has 0 amide bonds. The van der Waals surface area contributed by atoms with Gasteiger partial charge < -0.3 is 13.8 Å². The number of nitrogens with zero attached hydrogens (tertiary/aromatic N) is 3. The maximum absolute atomic E-state index is 6.07. The molecule has 0 N–H and O–H groups in total. The number of aromatic nitrogens is 3. The Labute approximate surface area is 143 Å². The molecule has 0 aliphatic heterocycles. The minimum absolute atomic E-state index is 0.353. The Morgan fingerprint density at radius 1 is 1.25 bits per heavy atom. The largest absolute Gasteiger partial charge is 0.496 e. The van der Waals surface area contributed by atoms with E-state index >= 15 is 0 Å². The minimum atomic E-state index is 0.353. The lowest BCUT2D eigenvalue weighted by molar-refractivity contribution is 0.355. The first-order chi connectivity index (χ1) is 11.7. The number of ether oxygens (including phenoxy) is 1. The Kier molecular flexibility index (Phi) is 3.76. The summed E-state index contributed by atoms with van der Waals surface area (Å²) in [6.07, 6.45) is 2.91. The van der Waals surface area contributed by atoms with Gasteiger partial charge >= 0.3 is 0 Å². The first-order valence-electron chi connectivity index (χ1n) is 7.81. The average molecular weight is 346 g/mol. The van der Waals surface area contributed by atoms with Gasteiger partial charge in [0.1, 0.15) is 11.5 Å². The second-order valence-corrected chi connectivity index (χ2v) is 6.49. The van der Waals surface area contributed by atoms with Crippen molar-refractivity contribution in [2.24, 2.45) is 5.92 Å². The maximum atomic E-state index is 6.07. The van der Waals surface area contributed by atoms with Crippen LogP contribution in [-0.4, -0.2) is 22.4 Å². The fourth-order valence-corrected chi connectivity index (χ4v) is 3.20. The van der Waals surface area contributed by atoms with Gasteiger partial charge in [0.15, 0.2) is 5.69 Å². The highest BCUT2D eigenvalue weighted by molar-refractivity contribution is 6.30. The Morgan fingerprint density at radius 3 is 2.96 bits per heavy atom. The lowest BCUT2D eigenvalue weighted by Crippen LogP contribution is -2.09. The highest BCUT2D eigenvalue weighted by Crippen LogP contribution is 2.35. The number of aryl methyl sites for hydroxylation is 1. The standard InChI is InChI=1S/C17H16ClN3O3/c1-9-3-5-14-11(7-9)15(20-23-14)17-19-16(21-24-17)12-8-10(18)4-6-13(12)22-2/h4,6,8-9H,3,5,7H2,1-2H3/t9-/m0/s1. The SMILES string of the molecule is COc1ccc(Cl)cc1-c1noc(-c2noc3c2C[C@@H](C)CC3)n1. The van der Waals surface area contributed by atoms with Crippen LogP contribution in [0, 0.1) is 5.92 Å². The number of methoxy groups -OCH3 is 1. The summed E-state index contributed by atoms with van der Waals surface area (Å²) in [5.74, 6) is 2.90. The number of hydrogen-bond donors (Lipinski definition) is 0. The summed E-state index contributed by atoms with van der Waals surface area (Å²) >= 11 is 6.07. The Hall–Kier alpha value is -2.34. The highest BCUT2D eigenvalue weighted by atomic mass is 35.5. The number of fused-ring (bicyclic) bond motifs is 1. The van der Waals surface area contributed by atoms with Crippen molar-refractivity contribution >= 4 is 11.6 Å². The Bertz CT molecular complexity index is 887. The van der Waals surface area contributed by atoms with Gasteiger partial charge in [-0.3, -0.25) is 0 Å². The van der Waals surface area contributed by atoms with E-state index in [4.69, 9.17) is 25.4 Å². The van der Waals surface area contributed by atoms with Crippen molar-refractivity contribution in [3.63, 3.8) is 0 Å². The zero-order valence-electron chi connectivity index (χ0n) is 13.4. The summed E-state index contributed by atoms with van der Waals surface area (Å²) in [6, 6.07) is 5.27. The Morgan fingerprint density at radius 2 is 2.12 bits per heavy atom. The fraction of sp³-hybridized carbons (Fsp3) is 0.353. The summed E-state index contributed by atoms with van der Waals surface area (Å²) in [4.78, 5) is 4.47. The smallest absolute Gasteiger partial charge is 0.280 e. The van der Waals surface area contributed by atoms with Crippen LogP contribution < -0.4 is 4.74 Å². The second kappa shape index (κ2) is 5.94. The molecule has 0 saturated carbocycles. The third kappa shape index (κ3) is 2.57. The van der Waals surface area contributed by atoms with Gasteiger partial charge in [-0.05, 0) is 37.0 Å². The van der Waals surface area contributed by atoms with Crippen LogP contribution in [0.2, 0.25) is 5.02 Å². The summed E-state index contributed by atoms with van der Waals surface area (Å²) in [5.41, 5.74) is 2.38. The normalized spacial score (nSPS) is 16.9. The van der Waals surface area contributed by atoms with E-state index in [0.29, 0.717) is 39.7 Å². The van der Waals surface area contributed by atoms with Gasteiger partial charge in [0.05, 0.1) is 12.7 Å². The van der Waals surface area contributed by atoms with E-state index in [1.54, 1.807) is 25.3 Å². The molecule has 0 bridgehead atoms. The van der Waals surface area contributed by atoms with E-state index in [1.165, 1.54) is 0 Å². The molecule has 1 aromatic carbocycles. The van der Waals surface area contributed by atoms with Gasteiger partial charge in [0.25, 0.3) is 5.89 Å². The Balaban J connectivity index is 1.74. The molecule has 0 unspecified atom stereocenters. The highest BCUT2D eigenvalue weighted by Gasteiger charge is 2.27. The molecule has 3 aromatic rings. The number of benzene rings is 1. The summed E-state index contributed by atoms with van der Waals surface area (Å²) in [6.45, 7) is 2.22. The monoisotopic (exact) mass is 345 g/mol. The van der Waals surface area contributed by atoms with Crippen LogP contribution in [0.3, 0.4) is 0 Å². The molecule has 24 heavy (non-hydrogen) atoms. The molecule has 7 heteroatoms. The van der Waals surface area contributed by atoms with Crippen LogP contribution >= 0.6 is 11.6 Å². The predicted octanol–water partition coefficient (Wildman–Crippen LogP) is 4.18. The van der Waals surface area contributed by atoms with Crippen LogP contribution in [0.4, 0.5) is 0 Å². The third-order valence-corrected chi connectivity index (χ3v) is 4.55. The summed E-state index contributed by atoms with van der Waals surface area (Å²) in [7, 11) is 1.59. The maximum Gasteiger partial charge on any atom is 0.280 e. The van der Waals surface area contributed by atoms with Crippen LogP contribution in [0.1, 0.15) is 24.7 Å². The van der Waals surface area contributed by atoms with E-state index in [1.807, 2.05) is 0 Å². The van der Waals surface area contributed by atoms with Crippen molar-refractivity contribution in [3.8, 4) is 28.7 Å². The molecule has 1 aliphatic carbocycles. The van der Waals surface area contributed by atoms with Gasteiger partial charge in [-0.15, -0.1) is 0 Å². The van der Waals surface area contributed by atoms with Gasteiger partial charge in [-0.2, -0.15) is 4.98 Å². The molecule has 0 radical (unpaired) electrons. The van der Waals surface area contributed by atoms with Gasteiger partial charge in [-0.1, -0.05) is 28.8 Å². The van der Waals surface area contributed by atoms with E-state index in [-0.39, 0.29) is 0 Å². The molecule has 0 saturated heterocycles. The number of rotatable bonds is 3. The van der Waals surface area contributed by atoms with Crippen molar-refractivity contribution in [1.29, 1.82) is 0 Å². The minimum Gasteiger partial charge on any atom is -0.496 e. The van der Waals surface area contributed by atoms with Gasteiger partial charge in [-0.25, -0.2) is 0 Å². The molecule has 2 aromatic heterocycles. The van der Waals surface area contributed by atoms with E-state index in [9.17, 15) is 0 Å². The van der Waals surface area contributed by atoms with Crippen molar-refractivity contribution in [2.45, 2.75) is 26.2 Å². The van der Waals surface area contributed by atoms with Crippen LogP contribution in [0.15, 0.2) is 27.2 Å². The lowest BCUT2D eigenvalue weighted by Gasteiger charge is -2.15. The van der Waals surface area contributed by atoms with Crippen LogP contribution in [0.25, 0.3) is 23.0 Å². The molecule has 6 nitrogen and oxygen atoms in total. The predicted molar refractivity (Wildman–Crippen MR) is 88.0 cm³/mol. The van der Waals surface area contributed by atoms with E-state index in [2.05, 4.69) is 22.2 Å². The lowest BCUT2D eigenvalue weighted by atomic mass is 9.88. The van der Waals surface area contributed by atoms with Crippen molar-refractivity contribution in [2.75, 3.05) is 7.11 Å².